The van der Waals surface area contributed by atoms with Crippen LogP contribution in [0.3, 0.4) is 0 Å². The SMILES string of the molecule is CCOC(=O)C1CCCc2c1[nH]c1c(C(=O)NCc3ccc(Cl)cc3)cccc21. The van der Waals surface area contributed by atoms with Crippen LogP contribution in [0.4, 0.5) is 0 Å². The fourth-order valence-corrected chi connectivity index (χ4v) is 4.16. The predicted octanol–water partition coefficient (Wildman–Crippen LogP) is 4.73. The Kier molecular flexibility index (Phi) is 5.58. The molecule has 1 heterocycles. The lowest BCUT2D eigenvalue weighted by Crippen LogP contribution is -2.23. The third-order valence-corrected chi connectivity index (χ3v) is 5.68. The maximum atomic E-state index is 12.9. The van der Waals surface area contributed by atoms with E-state index in [0.717, 1.165) is 47.0 Å². The number of rotatable bonds is 5. The second-order valence-electron chi connectivity index (χ2n) is 7.25. The highest BCUT2D eigenvalue weighted by molar-refractivity contribution is 6.30. The van der Waals surface area contributed by atoms with Gasteiger partial charge in [-0.15, -0.1) is 0 Å². The van der Waals surface area contributed by atoms with Gasteiger partial charge in [0.25, 0.3) is 5.91 Å². The topological polar surface area (TPSA) is 71.2 Å². The van der Waals surface area contributed by atoms with Crippen LogP contribution < -0.4 is 5.32 Å². The molecular formula is C23H23ClN2O3. The summed E-state index contributed by atoms with van der Waals surface area (Å²) >= 11 is 5.91. The van der Waals surface area contributed by atoms with Gasteiger partial charge in [0.2, 0.25) is 0 Å². The molecule has 0 spiro atoms. The molecule has 0 fully saturated rings. The third-order valence-electron chi connectivity index (χ3n) is 5.42. The Labute approximate surface area is 174 Å². The first kappa shape index (κ1) is 19.5. The Bertz CT molecular complexity index is 1060. The number of esters is 1. The van der Waals surface area contributed by atoms with Crippen molar-refractivity contribution in [1.82, 2.24) is 10.3 Å². The number of benzene rings is 2. The standard InChI is InChI=1S/C23H23ClN2O3/c1-2-29-23(28)19-8-4-6-17-16-5-3-7-18(20(16)26-21(17)19)22(27)25-13-14-9-11-15(24)12-10-14/h3,5,7,9-12,19,26H,2,4,6,8,13H2,1H3,(H,25,27). The third kappa shape index (κ3) is 3.87. The van der Waals surface area contributed by atoms with Crippen LogP contribution in [-0.2, 0) is 22.5 Å². The van der Waals surface area contributed by atoms with E-state index in [0.29, 0.717) is 23.7 Å². The molecule has 0 radical (unpaired) electrons. The number of para-hydroxylation sites is 1. The number of halogens is 1. The fourth-order valence-electron chi connectivity index (χ4n) is 4.04. The van der Waals surface area contributed by atoms with Crippen molar-refractivity contribution in [3.63, 3.8) is 0 Å². The Balaban J connectivity index is 1.63. The summed E-state index contributed by atoms with van der Waals surface area (Å²) in [6.07, 6.45) is 2.58. The van der Waals surface area contributed by atoms with Gasteiger partial charge in [0.05, 0.1) is 23.6 Å². The molecule has 0 saturated heterocycles. The molecule has 2 N–H and O–H groups in total. The summed E-state index contributed by atoms with van der Waals surface area (Å²) < 4.78 is 5.26. The van der Waals surface area contributed by atoms with Crippen LogP contribution in [0.5, 0.6) is 0 Å². The number of ether oxygens (including phenoxy) is 1. The van der Waals surface area contributed by atoms with Crippen molar-refractivity contribution < 1.29 is 14.3 Å². The van der Waals surface area contributed by atoms with Crippen LogP contribution in [-0.4, -0.2) is 23.5 Å². The highest BCUT2D eigenvalue weighted by Gasteiger charge is 2.31. The first-order valence-corrected chi connectivity index (χ1v) is 10.3. The molecule has 150 valence electrons. The number of fused-ring (bicyclic) bond motifs is 3. The molecule has 5 nitrogen and oxygen atoms in total. The molecule has 4 rings (SSSR count). The largest absolute Gasteiger partial charge is 0.465 e. The number of H-pyrrole nitrogens is 1. The van der Waals surface area contributed by atoms with Gasteiger partial charge in [-0.1, -0.05) is 35.9 Å². The van der Waals surface area contributed by atoms with Crippen molar-refractivity contribution in [2.24, 2.45) is 0 Å². The average Bonchev–Trinajstić information content (AvgIpc) is 3.12. The van der Waals surface area contributed by atoms with E-state index in [4.69, 9.17) is 16.3 Å². The van der Waals surface area contributed by atoms with Crippen molar-refractivity contribution in [3.05, 3.63) is 69.9 Å². The van der Waals surface area contributed by atoms with Gasteiger partial charge in [-0.25, -0.2) is 0 Å². The van der Waals surface area contributed by atoms with Gasteiger partial charge >= 0.3 is 5.97 Å². The van der Waals surface area contributed by atoms with Crippen LogP contribution in [0.15, 0.2) is 42.5 Å². The van der Waals surface area contributed by atoms with Gasteiger partial charge in [-0.2, -0.15) is 0 Å². The van der Waals surface area contributed by atoms with E-state index in [1.165, 1.54) is 0 Å². The molecule has 0 saturated carbocycles. The van der Waals surface area contributed by atoms with Crippen LogP contribution >= 0.6 is 11.6 Å². The minimum Gasteiger partial charge on any atom is -0.465 e. The second-order valence-corrected chi connectivity index (χ2v) is 7.69. The molecule has 29 heavy (non-hydrogen) atoms. The van der Waals surface area contributed by atoms with E-state index in [9.17, 15) is 9.59 Å². The zero-order valence-electron chi connectivity index (χ0n) is 16.3. The molecule has 1 unspecified atom stereocenters. The number of hydrogen-bond donors (Lipinski definition) is 2. The minimum atomic E-state index is -0.295. The summed E-state index contributed by atoms with van der Waals surface area (Å²) in [4.78, 5) is 28.7. The number of carbonyl (C=O) groups excluding carboxylic acids is 2. The summed E-state index contributed by atoms with van der Waals surface area (Å²) in [5, 5.41) is 4.64. The first-order chi connectivity index (χ1) is 14.1. The van der Waals surface area contributed by atoms with Crippen molar-refractivity contribution in [3.8, 4) is 0 Å². The van der Waals surface area contributed by atoms with Crippen molar-refractivity contribution in [2.45, 2.75) is 38.6 Å². The van der Waals surface area contributed by atoms with Crippen molar-refractivity contribution in [2.75, 3.05) is 6.61 Å². The number of amides is 1. The van der Waals surface area contributed by atoms with E-state index in [1.807, 2.05) is 31.2 Å². The smallest absolute Gasteiger partial charge is 0.314 e. The predicted molar refractivity (Wildman–Crippen MR) is 113 cm³/mol. The molecule has 0 bridgehead atoms. The summed E-state index contributed by atoms with van der Waals surface area (Å²) in [6, 6.07) is 13.1. The zero-order valence-corrected chi connectivity index (χ0v) is 17.0. The summed E-state index contributed by atoms with van der Waals surface area (Å²) in [6.45, 7) is 2.59. The Hall–Kier alpha value is -2.79. The normalized spacial score (nSPS) is 15.7. The lowest BCUT2D eigenvalue weighted by molar-refractivity contribution is -0.145. The highest BCUT2D eigenvalue weighted by Crippen LogP contribution is 2.37. The Morgan fingerprint density at radius 2 is 2.00 bits per heavy atom. The van der Waals surface area contributed by atoms with Gasteiger partial charge in [-0.3, -0.25) is 9.59 Å². The van der Waals surface area contributed by atoms with Gasteiger partial charge < -0.3 is 15.0 Å². The van der Waals surface area contributed by atoms with E-state index in [-0.39, 0.29) is 17.8 Å². The molecular weight excluding hydrogens is 388 g/mol. The Morgan fingerprint density at radius 1 is 1.21 bits per heavy atom. The van der Waals surface area contributed by atoms with Crippen molar-refractivity contribution >= 4 is 34.4 Å². The maximum Gasteiger partial charge on any atom is 0.314 e. The van der Waals surface area contributed by atoms with Crippen LogP contribution in [0.25, 0.3) is 10.9 Å². The molecule has 1 atom stereocenters. The molecule has 1 aromatic heterocycles. The number of aromatic amines is 1. The molecule has 3 aromatic rings. The number of hydrogen-bond acceptors (Lipinski definition) is 3. The van der Waals surface area contributed by atoms with Crippen LogP contribution in [0.2, 0.25) is 5.02 Å². The molecule has 1 aliphatic rings. The monoisotopic (exact) mass is 410 g/mol. The van der Waals surface area contributed by atoms with Gasteiger partial charge in [-0.05, 0) is 55.5 Å². The summed E-state index contributed by atoms with van der Waals surface area (Å²) in [5.74, 6) is -0.651. The number of carbonyl (C=O) groups is 2. The Morgan fingerprint density at radius 3 is 2.76 bits per heavy atom. The maximum absolute atomic E-state index is 12.9. The quantitative estimate of drug-likeness (QED) is 0.597. The molecule has 1 aliphatic carbocycles. The molecule has 0 aliphatic heterocycles. The van der Waals surface area contributed by atoms with E-state index >= 15 is 0 Å². The first-order valence-electron chi connectivity index (χ1n) is 9.91. The molecule has 2 aromatic carbocycles. The van der Waals surface area contributed by atoms with Crippen LogP contribution in [0.1, 0.15) is 52.9 Å². The van der Waals surface area contributed by atoms with Crippen LogP contribution in [0, 0.1) is 0 Å². The molecule has 1 amide bonds. The van der Waals surface area contributed by atoms with E-state index in [1.54, 1.807) is 18.2 Å². The molecule has 6 heteroatoms. The summed E-state index contributed by atoms with van der Waals surface area (Å²) in [5.41, 5.74) is 4.35. The van der Waals surface area contributed by atoms with Gasteiger partial charge in [0, 0.05) is 22.6 Å². The average molecular weight is 411 g/mol. The van der Waals surface area contributed by atoms with Gasteiger partial charge in [0.1, 0.15) is 0 Å². The zero-order chi connectivity index (χ0) is 20.4. The second kappa shape index (κ2) is 8.29. The van der Waals surface area contributed by atoms with Gasteiger partial charge in [0.15, 0.2) is 0 Å². The fraction of sp³-hybridized carbons (Fsp3) is 0.304. The van der Waals surface area contributed by atoms with E-state index < -0.39 is 0 Å². The number of nitrogens with one attached hydrogen (secondary N) is 2. The highest BCUT2D eigenvalue weighted by atomic mass is 35.5. The lowest BCUT2D eigenvalue weighted by Gasteiger charge is -2.20. The number of aryl methyl sites for hydroxylation is 1. The van der Waals surface area contributed by atoms with Crippen molar-refractivity contribution in [1.29, 1.82) is 0 Å². The number of aromatic nitrogens is 1. The lowest BCUT2D eigenvalue weighted by atomic mass is 9.86. The minimum absolute atomic E-state index is 0.156. The summed E-state index contributed by atoms with van der Waals surface area (Å²) in [7, 11) is 0. The van der Waals surface area contributed by atoms with E-state index in [2.05, 4.69) is 10.3 Å².